The Kier molecular flexibility index (Phi) is 6.69. The highest BCUT2D eigenvalue weighted by Crippen LogP contribution is 2.41. The molecule has 8 aromatic carbocycles. The van der Waals surface area contributed by atoms with Gasteiger partial charge in [-0.2, -0.15) is 0 Å². The fourth-order valence-electron chi connectivity index (χ4n) is 8.81. The van der Waals surface area contributed by atoms with Gasteiger partial charge in [0.15, 0.2) is 17.5 Å². The summed E-state index contributed by atoms with van der Waals surface area (Å²) in [7, 11) is 0. The first-order chi connectivity index (χ1) is 27.7. The number of aromatic nitrogens is 4. The molecule has 0 radical (unpaired) electrons. The Labute approximate surface area is 321 Å². The Morgan fingerprint density at radius 1 is 0.482 bits per heavy atom. The molecule has 0 atom stereocenters. The van der Waals surface area contributed by atoms with Gasteiger partial charge in [-0.25, -0.2) is 15.0 Å². The van der Waals surface area contributed by atoms with Crippen molar-refractivity contribution in [3.63, 3.8) is 0 Å². The molecular weight excluding hydrogens is 685 g/mol. The molecule has 11 aromatic rings. The summed E-state index contributed by atoms with van der Waals surface area (Å²) >= 11 is 0. The molecule has 56 heavy (non-hydrogen) atoms. The summed E-state index contributed by atoms with van der Waals surface area (Å²) < 4.78 is 9.05. The Morgan fingerprint density at radius 2 is 1.23 bits per heavy atom. The van der Waals surface area contributed by atoms with Crippen LogP contribution in [0.4, 0.5) is 0 Å². The highest BCUT2D eigenvalue weighted by Gasteiger charge is 2.21. The molecule has 3 aromatic heterocycles. The predicted molar refractivity (Wildman–Crippen MR) is 230 cm³/mol. The van der Waals surface area contributed by atoms with Gasteiger partial charge in [0.2, 0.25) is 0 Å². The Bertz CT molecular complexity index is 3440. The first-order valence-electron chi connectivity index (χ1n) is 19.2. The summed E-state index contributed by atoms with van der Waals surface area (Å²) in [6, 6.07) is 55.8. The molecular formula is C51H32N4O. The quantitative estimate of drug-likeness (QED) is 0.182. The predicted octanol–water partition coefficient (Wildman–Crippen LogP) is 13.1. The zero-order valence-corrected chi connectivity index (χ0v) is 30.3. The lowest BCUT2D eigenvalue weighted by atomic mass is 9.95. The molecule has 1 aliphatic rings. The van der Waals surface area contributed by atoms with Crippen LogP contribution in [0.1, 0.15) is 17.5 Å². The third-order valence-electron chi connectivity index (χ3n) is 11.5. The van der Waals surface area contributed by atoms with E-state index >= 15 is 0 Å². The molecule has 0 fully saturated rings. The van der Waals surface area contributed by atoms with Crippen LogP contribution < -0.4 is 0 Å². The molecule has 1 aliphatic carbocycles. The van der Waals surface area contributed by atoms with Crippen LogP contribution in [0.2, 0.25) is 0 Å². The van der Waals surface area contributed by atoms with Crippen LogP contribution in [0.15, 0.2) is 168 Å². The zero-order valence-electron chi connectivity index (χ0n) is 30.3. The second-order valence-corrected chi connectivity index (χ2v) is 14.7. The van der Waals surface area contributed by atoms with Gasteiger partial charge in [0.05, 0.1) is 11.0 Å². The average Bonchev–Trinajstić information content (AvgIpc) is 3.81. The van der Waals surface area contributed by atoms with Crippen molar-refractivity contribution in [1.29, 1.82) is 0 Å². The summed E-state index contributed by atoms with van der Waals surface area (Å²) in [5, 5.41) is 9.29. The van der Waals surface area contributed by atoms with E-state index in [4.69, 9.17) is 19.4 Å². The number of benzene rings is 8. The van der Waals surface area contributed by atoms with Crippen molar-refractivity contribution in [2.45, 2.75) is 12.8 Å². The van der Waals surface area contributed by atoms with Gasteiger partial charge in [0.25, 0.3) is 0 Å². The van der Waals surface area contributed by atoms with Crippen LogP contribution in [-0.4, -0.2) is 19.5 Å². The molecule has 0 amide bonds. The van der Waals surface area contributed by atoms with Crippen molar-refractivity contribution in [2.75, 3.05) is 0 Å². The molecule has 12 rings (SSSR count). The molecule has 0 saturated heterocycles. The number of para-hydroxylation sites is 1. The van der Waals surface area contributed by atoms with E-state index in [2.05, 4.69) is 162 Å². The van der Waals surface area contributed by atoms with Crippen molar-refractivity contribution in [1.82, 2.24) is 19.5 Å². The number of hydrogen-bond donors (Lipinski definition) is 0. The summed E-state index contributed by atoms with van der Waals surface area (Å²) in [5.74, 6) is 1.91. The van der Waals surface area contributed by atoms with Crippen LogP contribution in [0.3, 0.4) is 0 Å². The summed E-state index contributed by atoms with van der Waals surface area (Å²) in [6.07, 6.45) is 6.49. The van der Waals surface area contributed by atoms with Crippen LogP contribution >= 0.6 is 0 Å². The van der Waals surface area contributed by atoms with Gasteiger partial charge in [-0.1, -0.05) is 121 Å². The molecule has 0 saturated carbocycles. The normalized spacial score (nSPS) is 12.8. The topological polar surface area (TPSA) is 56.7 Å². The lowest BCUT2D eigenvalue weighted by Gasteiger charge is -2.13. The summed E-state index contributed by atoms with van der Waals surface area (Å²) in [4.78, 5) is 15.5. The smallest absolute Gasteiger partial charge is 0.164 e. The maximum atomic E-state index is 6.70. The van der Waals surface area contributed by atoms with Crippen LogP contribution in [0.25, 0.3) is 111 Å². The molecule has 0 spiro atoms. The van der Waals surface area contributed by atoms with Crippen LogP contribution in [0.5, 0.6) is 0 Å². The minimum absolute atomic E-state index is 0.613. The maximum Gasteiger partial charge on any atom is 0.164 e. The van der Waals surface area contributed by atoms with Gasteiger partial charge < -0.3 is 8.98 Å². The Morgan fingerprint density at radius 3 is 2.14 bits per heavy atom. The van der Waals surface area contributed by atoms with Gasteiger partial charge in [-0.05, 0) is 88.0 Å². The maximum absolute atomic E-state index is 6.70. The molecule has 5 heteroatoms. The molecule has 0 N–H and O–H groups in total. The number of allylic oxidation sites excluding steroid dienone is 1. The molecule has 0 bridgehead atoms. The number of nitrogens with zero attached hydrogens (tertiary/aromatic N) is 4. The van der Waals surface area contributed by atoms with E-state index in [1.54, 1.807) is 0 Å². The first-order valence-corrected chi connectivity index (χ1v) is 19.2. The zero-order chi connectivity index (χ0) is 36.7. The van der Waals surface area contributed by atoms with Gasteiger partial charge >= 0.3 is 0 Å². The van der Waals surface area contributed by atoms with Crippen molar-refractivity contribution in [3.05, 3.63) is 175 Å². The fraction of sp³-hybridized carbons (Fsp3) is 0.0392. The second kappa shape index (κ2) is 12.1. The van der Waals surface area contributed by atoms with E-state index in [0.29, 0.717) is 17.5 Å². The SMILES string of the molecule is C1=Cc2ccc(-c3nc(-c4ccc5ccccc5c4)nc(-c4cccc5oc6cc(-n7c8ccccc8c8c9ccccc9ccc87)ccc6c45)n3)cc2CC1. The van der Waals surface area contributed by atoms with E-state index in [-0.39, 0.29) is 0 Å². The van der Waals surface area contributed by atoms with Gasteiger partial charge in [0.1, 0.15) is 11.2 Å². The number of aryl methyl sites for hydroxylation is 1. The van der Waals surface area contributed by atoms with E-state index in [1.165, 1.54) is 38.1 Å². The first kappa shape index (κ1) is 31.0. The monoisotopic (exact) mass is 716 g/mol. The minimum atomic E-state index is 0.613. The van der Waals surface area contributed by atoms with E-state index < -0.39 is 0 Å². The minimum Gasteiger partial charge on any atom is -0.456 e. The van der Waals surface area contributed by atoms with E-state index in [1.807, 2.05) is 12.1 Å². The lowest BCUT2D eigenvalue weighted by molar-refractivity contribution is 0.668. The number of rotatable bonds is 4. The van der Waals surface area contributed by atoms with Crippen molar-refractivity contribution >= 4 is 71.4 Å². The van der Waals surface area contributed by atoms with Crippen molar-refractivity contribution in [3.8, 4) is 39.9 Å². The van der Waals surface area contributed by atoms with Crippen molar-refractivity contribution < 1.29 is 4.42 Å². The summed E-state index contributed by atoms with van der Waals surface area (Å²) in [5.41, 5.74) is 10.4. The van der Waals surface area contributed by atoms with E-state index in [0.717, 1.165) is 73.6 Å². The van der Waals surface area contributed by atoms with Crippen LogP contribution in [-0.2, 0) is 6.42 Å². The Balaban J connectivity index is 1.06. The second-order valence-electron chi connectivity index (χ2n) is 14.7. The molecule has 0 aliphatic heterocycles. The number of fused-ring (bicyclic) bond motifs is 10. The largest absolute Gasteiger partial charge is 0.456 e. The molecule has 5 nitrogen and oxygen atoms in total. The van der Waals surface area contributed by atoms with Gasteiger partial charge in [-0.15, -0.1) is 0 Å². The number of hydrogen-bond acceptors (Lipinski definition) is 4. The van der Waals surface area contributed by atoms with Crippen molar-refractivity contribution in [2.24, 2.45) is 0 Å². The third-order valence-corrected chi connectivity index (χ3v) is 11.5. The average molecular weight is 717 g/mol. The molecule has 3 heterocycles. The summed E-state index contributed by atoms with van der Waals surface area (Å²) in [6.45, 7) is 0. The standard InChI is InChI=1S/C51H32N4O/c1-3-13-34-28-36(22-20-31(34)10-1)49-52-50(37-23-21-32-11-2-4-14-35(32)29-37)54-51(53-49)42-17-9-19-45-48(42)41-26-25-38(30-46(41)56-45)55-43-18-8-7-16-40(43)47-39-15-6-5-12-33(39)24-27-44(47)55/h1-3,5-13,15-30H,4,14H2. The lowest BCUT2D eigenvalue weighted by Crippen LogP contribution is -2.02. The molecule has 0 unspecified atom stereocenters. The third kappa shape index (κ3) is 4.77. The molecule has 262 valence electrons. The highest BCUT2D eigenvalue weighted by molar-refractivity contribution is 6.21. The van der Waals surface area contributed by atoms with Crippen LogP contribution in [0, 0.1) is 0 Å². The Hall–Kier alpha value is -7.37. The number of furan rings is 1. The fourth-order valence-corrected chi connectivity index (χ4v) is 8.81. The highest BCUT2D eigenvalue weighted by atomic mass is 16.3. The van der Waals surface area contributed by atoms with E-state index in [9.17, 15) is 0 Å². The van der Waals surface area contributed by atoms with Gasteiger partial charge in [0, 0.05) is 50.0 Å². The van der Waals surface area contributed by atoms with Gasteiger partial charge in [-0.3, -0.25) is 0 Å².